The first-order valence-corrected chi connectivity index (χ1v) is 12.1. The molecule has 7 heteroatoms. The minimum atomic E-state index is -0.992. The first-order valence-electron chi connectivity index (χ1n) is 12.1. The van der Waals surface area contributed by atoms with Crippen molar-refractivity contribution in [3.63, 3.8) is 0 Å². The number of hydrogen-bond donors (Lipinski definition) is 1. The lowest BCUT2D eigenvalue weighted by atomic mass is 9.96. The fourth-order valence-corrected chi connectivity index (χ4v) is 4.50. The molecule has 1 N–H and O–H groups in total. The van der Waals surface area contributed by atoms with Crippen LogP contribution < -0.4 is 4.74 Å². The molecule has 0 fully saturated rings. The molecule has 0 saturated carbocycles. The number of hydrogen-bond acceptors (Lipinski definition) is 5. The number of methoxy groups -OCH3 is 1. The zero-order valence-electron chi connectivity index (χ0n) is 21.0. The summed E-state index contributed by atoms with van der Waals surface area (Å²) in [4.78, 5) is 29.4. The van der Waals surface area contributed by atoms with Crippen molar-refractivity contribution in [2.75, 3.05) is 7.11 Å². The summed E-state index contributed by atoms with van der Waals surface area (Å²) >= 11 is 0. The van der Waals surface area contributed by atoms with Crippen LogP contribution in [0, 0.1) is 6.92 Å². The van der Waals surface area contributed by atoms with Crippen molar-refractivity contribution in [2.45, 2.75) is 19.4 Å². The van der Waals surface area contributed by atoms with Gasteiger partial charge < -0.3 is 14.6 Å². The monoisotopic (exact) mass is 506 g/mol. The number of aromatic nitrogens is 2. The number of imidazole rings is 1. The number of aryl methyl sites for hydroxylation is 1. The van der Waals surface area contributed by atoms with Crippen molar-refractivity contribution >= 4 is 17.6 Å². The molecule has 190 valence electrons. The number of benzene rings is 3. The van der Waals surface area contributed by atoms with Gasteiger partial charge in [-0.15, -0.1) is 0 Å². The van der Waals surface area contributed by atoms with Gasteiger partial charge in [0, 0.05) is 0 Å². The minimum absolute atomic E-state index is 0.129. The Hall–Kier alpha value is -4.91. The molecule has 2 heterocycles. The summed E-state index contributed by atoms with van der Waals surface area (Å²) in [6.45, 7) is 1.96. The van der Waals surface area contributed by atoms with Crippen molar-refractivity contribution in [3.05, 3.63) is 125 Å². The van der Waals surface area contributed by atoms with Crippen molar-refractivity contribution in [2.24, 2.45) is 0 Å². The normalized spacial score (nSPS) is 11.7. The summed E-state index contributed by atoms with van der Waals surface area (Å²) in [7, 11) is 1.56. The van der Waals surface area contributed by atoms with Crippen LogP contribution in [0.3, 0.4) is 0 Å². The number of rotatable bonds is 8. The molecule has 1 atom stereocenters. The molecule has 0 amide bonds. The van der Waals surface area contributed by atoms with Crippen LogP contribution in [0.2, 0.25) is 0 Å². The third kappa shape index (κ3) is 4.99. The molecule has 0 aliphatic heterocycles. The lowest BCUT2D eigenvalue weighted by Gasteiger charge is -2.21. The van der Waals surface area contributed by atoms with Gasteiger partial charge in [0.25, 0.3) is 0 Å². The van der Waals surface area contributed by atoms with E-state index in [-0.39, 0.29) is 18.0 Å². The van der Waals surface area contributed by atoms with Crippen molar-refractivity contribution in [3.8, 4) is 17.0 Å². The highest BCUT2D eigenvalue weighted by molar-refractivity contribution is 5.96. The van der Waals surface area contributed by atoms with Gasteiger partial charge in [-0.25, -0.2) is 4.79 Å². The topological polar surface area (TPSA) is 90.1 Å². The van der Waals surface area contributed by atoms with Gasteiger partial charge in [0.15, 0.2) is 6.10 Å². The van der Waals surface area contributed by atoms with E-state index in [0.717, 1.165) is 22.3 Å². The highest BCUT2D eigenvalue weighted by Crippen LogP contribution is 2.32. The third-order valence-corrected chi connectivity index (χ3v) is 6.42. The average Bonchev–Trinajstić information content (AvgIpc) is 3.39. The molecule has 0 aliphatic rings. The predicted molar refractivity (Wildman–Crippen MR) is 143 cm³/mol. The maximum Gasteiger partial charge on any atom is 0.336 e. The molecule has 0 radical (unpaired) electrons. The number of carbonyl (C=O) groups is 2. The average molecular weight is 507 g/mol. The standard InChI is InChI=1S/C31H26N2O5/c1-20-12-17-26(33-19-27(37-2)32-30(20)33)29(38-28(34)18-21-8-4-3-5-9-21)23-15-13-22(14-16-23)24-10-6-7-11-25(24)31(35)36/h3-17,19,29H,18H2,1-2H3,(H,35,36). The molecule has 0 saturated heterocycles. The number of carboxylic acids is 1. The van der Waals surface area contributed by atoms with Gasteiger partial charge in [0.1, 0.15) is 5.65 Å². The lowest BCUT2D eigenvalue weighted by Crippen LogP contribution is -2.17. The van der Waals surface area contributed by atoms with E-state index in [9.17, 15) is 14.7 Å². The van der Waals surface area contributed by atoms with Crippen molar-refractivity contribution < 1.29 is 24.2 Å². The molecule has 2 aromatic heterocycles. The molecule has 5 rings (SSSR count). The highest BCUT2D eigenvalue weighted by atomic mass is 16.5. The maximum atomic E-state index is 13.1. The molecule has 5 aromatic rings. The Labute approximate surface area is 219 Å². The summed E-state index contributed by atoms with van der Waals surface area (Å²) in [5, 5.41) is 9.61. The summed E-state index contributed by atoms with van der Waals surface area (Å²) in [6, 6.07) is 27.5. The largest absolute Gasteiger partial charge is 0.480 e. The Morgan fingerprint density at radius 2 is 1.63 bits per heavy atom. The van der Waals surface area contributed by atoms with Gasteiger partial charge in [0.05, 0.1) is 31.0 Å². The van der Waals surface area contributed by atoms with Gasteiger partial charge >= 0.3 is 11.9 Å². The summed E-state index contributed by atoms with van der Waals surface area (Å²) in [5.74, 6) is -0.911. The van der Waals surface area contributed by atoms with Crippen LogP contribution in [0.25, 0.3) is 16.8 Å². The highest BCUT2D eigenvalue weighted by Gasteiger charge is 2.24. The van der Waals surface area contributed by atoms with E-state index in [1.54, 1.807) is 37.6 Å². The Balaban J connectivity index is 1.56. The van der Waals surface area contributed by atoms with Crippen LogP contribution in [0.1, 0.15) is 38.8 Å². The van der Waals surface area contributed by atoms with Gasteiger partial charge in [-0.05, 0) is 46.9 Å². The minimum Gasteiger partial charge on any atom is -0.480 e. The van der Waals surface area contributed by atoms with E-state index in [1.807, 2.05) is 78.1 Å². The second-order valence-electron chi connectivity index (χ2n) is 8.92. The number of carboxylic acid groups (broad SMARTS) is 1. The fourth-order valence-electron chi connectivity index (χ4n) is 4.50. The molecular weight excluding hydrogens is 480 g/mol. The molecule has 7 nitrogen and oxygen atoms in total. The number of pyridine rings is 1. The zero-order valence-corrected chi connectivity index (χ0v) is 21.0. The second-order valence-corrected chi connectivity index (χ2v) is 8.92. The Morgan fingerprint density at radius 3 is 2.34 bits per heavy atom. The molecule has 38 heavy (non-hydrogen) atoms. The van der Waals surface area contributed by atoms with Crippen molar-refractivity contribution in [1.29, 1.82) is 0 Å². The fraction of sp³-hybridized carbons (Fsp3) is 0.129. The summed E-state index contributed by atoms with van der Waals surface area (Å²) in [6.07, 6.45) is 1.16. The zero-order chi connectivity index (χ0) is 26.6. The van der Waals surface area contributed by atoms with E-state index in [4.69, 9.17) is 9.47 Å². The summed E-state index contributed by atoms with van der Waals surface area (Å²) in [5.41, 5.74) is 5.54. The van der Waals surface area contributed by atoms with Crippen LogP contribution >= 0.6 is 0 Å². The number of fused-ring (bicyclic) bond motifs is 1. The number of esters is 1. The van der Waals surface area contributed by atoms with Crippen LogP contribution in [0.4, 0.5) is 0 Å². The van der Waals surface area contributed by atoms with E-state index >= 15 is 0 Å². The molecule has 1 unspecified atom stereocenters. The summed E-state index contributed by atoms with van der Waals surface area (Å²) < 4.78 is 13.3. The van der Waals surface area contributed by atoms with Gasteiger partial charge in [-0.2, -0.15) is 4.98 Å². The maximum absolute atomic E-state index is 13.1. The first kappa shape index (κ1) is 24.8. The molecule has 0 spiro atoms. The Bertz CT molecular complexity index is 1610. The van der Waals surface area contributed by atoms with Gasteiger partial charge in [0.2, 0.25) is 5.88 Å². The van der Waals surface area contributed by atoms with E-state index in [0.29, 0.717) is 22.8 Å². The lowest BCUT2D eigenvalue weighted by molar-refractivity contribution is -0.146. The van der Waals surface area contributed by atoms with Crippen LogP contribution in [-0.2, 0) is 16.0 Å². The van der Waals surface area contributed by atoms with Crippen LogP contribution in [0.5, 0.6) is 5.88 Å². The number of aromatic carboxylic acids is 1. The van der Waals surface area contributed by atoms with Crippen molar-refractivity contribution in [1.82, 2.24) is 9.38 Å². The van der Waals surface area contributed by atoms with E-state index < -0.39 is 12.1 Å². The number of nitrogens with zero attached hydrogens (tertiary/aromatic N) is 2. The van der Waals surface area contributed by atoms with E-state index in [1.165, 1.54) is 0 Å². The molecular formula is C31H26N2O5. The smallest absolute Gasteiger partial charge is 0.336 e. The molecule has 0 aliphatic carbocycles. The number of ether oxygens (including phenoxy) is 2. The first-order chi connectivity index (χ1) is 18.4. The quantitative estimate of drug-likeness (QED) is 0.264. The number of carbonyl (C=O) groups excluding carboxylic acids is 1. The predicted octanol–water partition coefficient (Wildman–Crippen LogP) is 5.89. The van der Waals surface area contributed by atoms with Crippen LogP contribution in [-0.4, -0.2) is 33.5 Å². The van der Waals surface area contributed by atoms with E-state index in [2.05, 4.69) is 4.98 Å². The Kier molecular flexibility index (Phi) is 6.91. The molecule has 0 bridgehead atoms. The Morgan fingerprint density at radius 1 is 0.921 bits per heavy atom. The van der Waals surface area contributed by atoms with Gasteiger partial charge in [-0.3, -0.25) is 9.20 Å². The SMILES string of the molecule is COc1cn2c(C(OC(=O)Cc3ccccc3)c3ccc(-c4ccccc4C(=O)O)cc3)ccc(C)c2n1. The van der Waals surface area contributed by atoms with Crippen LogP contribution in [0.15, 0.2) is 97.2 Å². The molecule has 3 aromatic carbocycles. The third-order valence-electron chi connectivity index (χ3n) is 6.42. The second kappa shape index (κ2) is 10.6. The van der Waals surface area contributed by atoms with Gasteiger partial charge in [-0.1, -0.05) is 78.9 Å².